The van der Waals surface area contributed by atoms with Crippen LogP contribution in [0.2, 0.25) is 0 Å². The third-order valence-corrected chi connectivity index (χ3v) is 4.35. The Bertz CT molecular complexity index is 582. The van der Waals surface area contributed by atoms with Crippen molar-refractivity contribution in [1.29, 1.82) is 0 Å². The Kier molecular flexibility index (Phi) is 8.11. The molecule has 1 rings (SSSR count). The summed E-state index contributed by atoms with van der Waals surface area (Å²) in [5.74, 6) is -1.15. The molecule has 6 nitrogen and oxygen atoms in total. The summed E-state index contributed by atoms with van der Waals surface area (Å²) < 4.78 is 5.61. The second-order valence-corrected chi connectivity index (χ2v) is 6.61. The van der Waals surface area contributed by atoms with E-state index in [0.717, 1.165) is 0 Å². The highest BCUT2D eigenvalue weighted by Crippen LogP contribution is 2.16. The van der Waals surface area contributed by atoms with Crippen molar-refractivity contribution in [2.45, 2.75) is 25.5 Å². The summed E-state index contributed by atoms with van der Waals surface area (Å²) in [7, 11) is 0. The molecule has 0 aliphatic rings. The highest BCUT2D eigenvalue weighted by molar-refractivity contribution is 9.10. The van der Waals surface area contributed by atoms with Gasteiger partial charge in [0.25, 0.3) is 11.8 Å². The Morgan fingerprint density at radius 3 is 2.57 bits per heavy atom. The lowest BCUT2D eigenvalue weighted by Gasteiger charge is -2.19. The van der Waals surface area contributed by atoms with Crippen LogP contribution in [0.15, 0.2) is 28.7 Å². The van der Waals surface area contributed by atoms with Gasteiger partial charge in [-0.2, -0.15) is 11.8 Å². The molecular formula is C15H19BrN2O4S. The second kappa shape index (κ2) is 9.57. The van der Waals surface area contributed by atoms with Gasteiger partial charge in [0, 0.05) is 4.47 Å². The van der Waals surface area contributed by atoms with Crippen LogP contribution in [0.4, 0.5) is 0 Å². The number of amides is 2. The average molecular weight is 403 g/mol. The number of nitrogens with two attached hydrogens (primary N) is 1. The standard InChI is InChI=1S/C15H19BrN2O4S/c1-9(13(17)19)22-15(21)12(7-8-23-2)18-14(20)10-5-3-4-6-11(10)16/h3-6,9,12H,7-8H2,1-2H3,(H2,17,19)(H,18,20)/t9-,12-/m0/s1. The van der Waals surface area contributed by atoms with E-state index in [1.165, 1.54) is 18.7 Å². The van der Waals surface area contributed by atoms with Gasteiger partial charge in [-0.05, 0) is 53.4 Å². The van der Waals surface area contributed by atoms with E-state index in [0.29, 0.717) is 22.2 Å². The molecule has 1 aromatic rings. The fraction of sp³-hybridized carbons (Fsp3) is 0.400. The summed E-state index contributed by atoms with van der Waals surface area (Å²) in [5.41, 5.74) is 5.50. The number of hydrogen-bond acceptors (Lipinski definition) is 5. The molecule has 1 aromatic carbocycles. The normalized spacial score (nSPS) is 13.0. The van der Waals surface area contributed by atoms with Gasteiger partial charge in [-0.15, -0.1) is 0 Å². The Morgan fingerprint density at radius 2 is 2.00 bits per heavy atom. The molecule has 0 saturated heterocycles. The summed E-state index contributed by atoms with van der Waals surface area (Å²) >= 11 is 4.83. The van der Waals surface area contributed by atoms with Crippen LogP contribution < -0.4 is 11.1 Å². The van der Waals surface area contributed by atoms with E-state index in [1.807, 2.05) is 6.26 Å². The zero-order chi connectivity index (χ0) is 17.4. The molecule has 126 valence electrons. The SMILES string of the molecule is CSCC[C@H](NC(=O)c1ccccc1Br)C(=O)O[C@@H](C)C(N)=O. The zero-order valence-corrected chi connectivity index (χ0v) is 15.3. The number of carbonyl (C=O) groups is 3. The van der Waals surface area contributed by atoms with Gasteiger partial charge in [-0.25, -0.2) is 4.79 Å². The average Bonchev–Trinajstić information content (AvgIpc) is 2.51. The van der Waals surface area contributed by atoms with E-state index < -0.39 is 29.9 Å². The minimum atomic E-state index is -1.04. The Balaban J connectivity index is 2.81. The number of halogens is 1. The first-order valence-corrected chi connectivity index (χ1v) is 9.09. The molecule has 0 aliphatic heterocycles. The molecule has 0 heterocycles. The minimum absolute atomic E-state index is 0.391. The first-order valence-electron chi connectivity index (χ1n) is 6.91. The van der Waals surface area contributed by atoms with E-state index in [1.54, 1.807) is 24.3 Å². The maximum Gasteiger partial charge on any atom is 0.329 e. The minimum Gasteiger partial charge on any atom is -0.451 e. The third-order valence-electron chi connectivity index (χ3n) is 3.01. The zero-order valence-electron chi connectivity index (χ0n) is 12.9. The van der Waals surface area contributed by atoms with E-state index in [2.05, 4.69) is 21.2 Å². The van der Waals surface area contributed by atoms with Crippen molar-refractivity contribution in [3.05, 3.63) is 34.3 Å². The topological polar surface area (TPSA) is 98.5 Å². The Morgan fingerprint density at radius 1 is 1.35 bits per heavy atom. The van der Waals surface area contributed by atoms with E-state index in [-0.39, 0.29) is 0 Å². The summed E-state index contributed by atoms with van der Waals surface area (Å²) in [6.45, 7) is 1.39. The predicted octanol–water partition coefficient (Wildman–Crippen LogP) is 1.72. The van der Waals surface area contributed by atoms with Crippen LogP contribution in [-0.4, -0.2) is 41.9 Å². The van der Waals surface area contributed by atoms with Crippen LogP contribution in [0.1, 0.15) is 23.7 Å². The largest absolute Gasteiger partial charge is 0.451 e. The van der Waals surface area contributed by atoms with Gasteiger partial charge in [0.1, 0.15) is 6.04 Å². The van der Waals surface area contributed by atoms with Crippen molar-refractivity contribution in [1.82, 2.24) is 5.32 Å². The molecule has 0 fully saturated rings. The molecule has 8 heteroatoms. The van der Waals surface area contributed by atoms with E-state index >= 15 is 0 Å². The highest BCUT2D eigenvalue weighted by Gasteiger charge is 2.26. The number of primary amides is 1. The maximum atomic E-state index is 12.3. The van der Waals surface area contributed by atoms with Gasteiger partial charge in [0.05, 0.1) is 5.56 Å². The lowest BCUT2D eigenvalue weighted by atomic mass is 10.1. The molecule has 0 unspecified atom stereocenters. The van der Waals surface area contributed by atoms with Crippen molar-refractivity contribution in [3.8, 4) is 0 Å². The van der Waals surface area contributed by atoms with Crippen molar-refractivity contribution in [2.24, 2.45) is 5.73 Å². The van der Waals surface area contributed by atoms with Gasteiger partial charge in [-0.1, -0.05) is 12.1 Å². The lowest BCUT2D eigenvalue weighted by Crippen LogP contribution is -2.44. The fourth-order valence-electron chi connectivity index (χ4n) is 1.68. The molecule has 23 heavy (non-hydrogen) atoms. The van der Waals surface area contributed by atoms with Gasteiger partial charge in [-0.3, -0.25) is 9.59 Å². The predicted molar refractivity (Wildman–Crippen MR) is 93.1 cm³/mol. The maximum absolute atomic E-state index is 12.3. The Labute approximate surface area is 147 Å². The number of hydrogen-bond donors (Lipinski definition) is 2. The van der Waals surface area contributed by atoms with E-state index in [4.69, 9.17) is 10.5 Å². The summed E-state index contributed by atoms with van der Waals surface area (Å²) in [5, 5.41) is 2.64. The monoisotopic (exact) mass is 402 g/mol. The summed E-state index contributed by atoms with van der Waals surface area (Å²) in [6, 6.07) is 6.05. The van der Waals surface area contributed by atoms with Crippen LogP contribution >= 0.6 is 27.7 Å². The molecular weight excluding hydrogens is 384 g/mol. The third kappa shape index (κ3) is 6.23. The van der Waals surface area contributed by atoms with Crippen LogP contribution in [0.25, 0.3) is 0 Å². The van der Waals surface area contributed by atoms with Crippen molar-refractivity contribution < 1.29 is 19.1 Å². The van der Waals surface area contributed by atoms with Gasteiger partial charge in [0.15, 0.2) is 6.10 Å². The number of thioether (sulfide) groups is 1. The highest BCUT2D eigenvalue weighted by atomic mass is 79.9. The van der Waals surface area contributed by atoms with Crippen LogP contribution in [-0.2, 0) is 14.3 Å². The number of rotatable bonds is 8. The molecule has 0 radical (unpaired) electrons. The van der Waals surface area contributed by atoms with Crippen LogP contribution in [0.3, 0.4) is 0 Å². The van der Waals surface area contributed by atoms with E-state index in [9.17, 15) is 14.4 Å². The molecule has 0 aromatic heterocycles. The smallest absolute Gasteiger partial charge is 0.329 e. The molecule has 0 aliphatic carbocycles. The molecule has 2 amide bonds. The van der Waals surface area contributed by atoms with Crippen LogP contribution in [0, 0.1) is 0 Å². The number of nitrogens with one attached hydrogen (secondary N) is 1. The van der Waals surface area contributed by atoms with Crippen molar-refractivity contribution in [2.75, 3.05) is 12.0 Å². The number of benzene rings is 1. The van der Waals surface area contributed by atoms with Gasteiger partial charge >= 0.3 is 5.97 Å². The molecule has 3 N–H and O–H groups in total. The number of esters is 1. The summed E-state index contributed by atoms with van der Waals surface area (Å²) in [4.78, 5) is 35.5. The first kappa shape index (κ1) is 19.5. The van der Waals surface area contributed by atoms with Gasteiger partial charge < -0.3 is 15.8 Å². The van der Waals surface area contributed by atoms with Crippen molar-refractivity contribution in [3.63, 3.8) is 0 Å². The van der Waals surface area contributed by atoms with Crippen molar-refractivity contribution >= 4 is 45.5 Å². The quantitative estimate of drug-likeness (QED) is 0.644. The number of ether oxygens (including phenoxy) is 1. The molecule has 0 spiro atoms. The molecule has 2 atom stereocenters. The molecule has 0 saturated carbocycles. The molecule has 0 bridgehead atoms. The Hall–Kier alpha value is -1.54. The van der Waals surface area contributed by atoms with Crippen LogP contribution in [0.5, 0.6) is 0 Å². The number of carbonyl (C=O) groups excluding carboxylic acids is 3. The lowest BCUT2D eigenvalue weighted by molar-refractivity contribution is -0.155. The van der Waals surface area contributed by atoms with Gasteiger partial charge in [0.2, 0.25) is 0 Å². The fourth-order valence-corrected chi connectivity index (χ4v) is 2.62. The summed E-state index contributed by atoms with van der Waals surface area (Å²) in [6.07, 6.45) is 1.24. The second-order valence-electron chi connectivity index (χ2n) is 4.77. The first-order chi connectivity index (χ1) is 10.9.